The molecule has 0 saturated carbocycles. The van der Waals surface area contributed by atoms with Crippen LogP contribution in [0.4, 0.5) is 0 Å². The first kappa shape index (κ1) is 20.4. The molecule has 0 bridgehead atoms. The van der Waals surface area contributed by atoms with Crippen molar-refractivity contribution in [3.8, 4) is 23.0 Å². The Morgan fingerprint density at radius 3 is 2.57 bits per heavy atom. The molecule has 2 heterocycles. The highest BCUT2D eigenvalue weighted by Gasteiger charge is 2.59. The first-order valence-corrected chi connectivity index (χ1v) is 9.89. The maximum atomic E-state index is 13.6. The molecule has 0 amide bonds. The van der Waals surface area contributed by atoms with Crippen LogP contribution in [0.3, 0.4) is 0 Å². The number of carbonyl (C=O) groups excluding carboxylic acids is 2. The van der Waals surface area contributed by atoms with Gasteiger partial charge in [-0.3, -0.25) is 9.59 Å². The molecule has 0 N–H and O–H groups in total. The van der Waals surface area contributed by atoms with Crippen LogP contribution in [0, 0.1) is 5.92 Å². The number of Topliss-reactive ketones (excluding diaryl/α,β-unsaturated/α-hetero) is 1. The third-order valence-electron chi connectivity index (χ3n) is 5.48. The van der Waals surface area contributed by atoms with Crippen LogP contribution in [-0.2, 0) is 9.53 Å². The molecule has 2 atom stereocenters. The minimum atomic E-state index is -1.49. The summed E-state index contributed by atoms with van der Waals surface area (Å²) in [6.45, 7) is 5.62. The van der Waals surface area contributed by atoms with Crippen molar-refractivity contribution >= 4 is 23.2 Å². The lowest BCUT2D eigenvalue weighted by Gasteiger charge is -2.36. The van der Waals surface area contributed by atoms with E-state index in [0.717, 1.165) is 0 Å². The second-order valence-corrected chi connectivity index (χ2v) is 8.07. The minimum Gasteiger partial charge on any atom is -0.496 e. The van der Waals surface area contributed by atoms with Gasteiger partial charge in [-0.05, 0) is 6.07 Å². The van der Waals surface area contributed by atoms with Crippen molar-refractivity contribution in [3.05, 3.63) is 34.4 Å². The topological polar surface area (TPSA) is 101 Å². The zero-order chi connectivity index (χ0) is 21.8. The van der Waals surface area contributed by atoms with Crippen molar-refractivity contribution in [2.45, 2.75) is 38.7 Å². The zero-order valence-corrected chi connectivity index (χ0v) is 18.0. The van der Waals surface area contributed by atoms with E-state index >= 15 is 0 Å². The molecular formula is C21H21ClN2O6. The number of carbonyl (C=O) groups is 2. The average molecular weight is 433 g/mol. The van der Waals surface area contributed by atoms with Gasteiger partial charge in [0.1, 0.15) is 11.3 Å². The van der Waals surface area contributed by atoms with Gasteiger partial charge >= 0.3 is 0 Å². The van der Waals surface area contributed by atoms with E-state index in [9.17, 15) is 9.59 Å². The molecule has 30 heavy (non-hydrogen) atoms. The fourth-order valence-electron chi connectivity index (χ4n) is 3.91. The number of nitrogens with zero attached hydrogens (tertiary/aromatic N) is 2. The lowest BCUT2D eigenvalue weighted by atomic mass is 9.75. The highest BCUT2D eigenvalue weighted by atomic mass is 35.5. The van der Waals surface area contributed by atoms with Crippen LogP contribution in [0.1, 0.15) is 49.4 Å². The normalized spacial score (nSPS) is 22.9. The van der Waals surface area contributed by atoms with E-state index in [2.05, 4.69) is 10.2 Å². The van der Waals surface area contributed by atoms with Gasteiger partial charge in [0.25, 0.3) is 0 Å². The Labute approximate surface area is 178 Å². The van der Waals surface area contributed by atoms with Crippen LogP contribution in [0.5, 0.6) is 11.5 Å². The van der Waals surface area contributed by atoms with E-state index in [-0.39, 0.29) is 57.6 Å². The number of halogens is 1. The Kier molecular flexibility index (Phi) is 4.85. The molecule has 158 valence electrons. The van der Waals surface area contributed by atoms with Crippen LogP contribution < -0.4 is 9.47 Å². The molecule has 8 nitrogen and oxygen atoms in total. The van der Waals surface area contributed by atoms with Crippen molar-refractivity contribution in [3.63, 3.8) is 0 Å². The summed E-state index contributed by atoms with van der Waals surface area (Å²) in [6, 6.07) is 1.58. The predicted molar refractivity (Wildman–Crippen MR) is 107 cm³/mol. The van der Waals surface area contributed by atoms with E-state index in [0.29, 0.717) is 11.5 Å². The second-order valence-electron chi connectivity index (χ2n) is 7.70. The smallest absolute Gasteiger partial charge is 0.249 e. The van der Waals surface area contributed by atoms with Crippen LogP contribution in [0.25, 0.3) is 11.5 Å². The molecule has 1 aliphatic carbocycles. The Morgan fingerprint density at radius 1 is 1.23 bits per heavy atom. The third-order valence-corrected chi connectivity index (χ3v) is 5.85. The largest absolute Gasteiger partial charge is 0.496 e. The summed E-state index contributed by atoms with van der Waals surface area (Å²) in [4.78, 5) is 25.6. The van der Waals surface area contributed by atoms with Gasteiger partial charge in [0.2, 0.25) is 23.2 Å². The number of benzene rings is 1. The molecule has 1 aromatic carbocycles. The highest BCUT2D eigenvalue weighted by molar-refractivity contribution is 6.36. The lowest BCUT2D eigenvalue weighted by molar-refractivity contribution is -0.118. The molecule has 4 rings (SSSR count). The molecule has 1 spiro atoms. The number of hydrogen-bond acceptors (Lipinski definition) is 8. The first-order chi connectivity index (χ1) is 14.2. The van der Waals surface area contributed by atoms with Gasteiger partial charge in [-0.2, -0.15) is 0 Å². The molecule has 2 aliphatic rings. The summed E-state index contributed by atoms with van der Waals surface area (Å²) < 4.78 is 22.8. The number of aromatic nitrogens is 2. The summed E-state index contributed by atoms with van der Waals surface area (Å²) in [7, 11) is 2.84. The molecular weight excluding hydrogens is 412 g/mol. The minimum absolute atomic E-state index is 0.0393. The molecule has 0 radical (unpaired) electrons. The van der Waals surface area contributed by atoms with Gasteiger partial charge in [-0.25, -0.2) is 0 Å². The van der Waals surface area contributed by atoms with E-state index in [4.69, 9.17) is 30.2 Å². The number of ketones is 2. The summed E-state index contributed by atoms with van der Waals surface area (Å²) in [5, 5.41) is 8.25. The van der Waals surface area contributed by atoms with Crippen LogP contribution in [-0.4, -0.2) is 41.6 Å². The Bertz CT molecular complexity index is 1090. The number of methoxy groups -OCH3 is 2. The zero-order valence-electron chi connectivity index (χ0n) is 17.2. The molecule has 9 heteroatoms. The maximum Gasteiger partial charge on any atom is 0.249 e. The number of ether oxygens (including phenoxy) is 3. The van der Waals surface area contributed by atoms with Gasteiger partial charge in [0, 0.05) is 24.3 Å². The van der Waals surface area contributed by atoms with Crippen molar-refractivity contribution in [2.75, 3.05) is 14.2 Å². The van der Waals surface area contributed by atoms with Gasteiger partial charge in [0.15, 0.2) is 17.3 Å². The first-order valence-electron chi connectivity index (χ1n) is 9.51. The summed E-state index contributed by atoms with van der Waals surface area (Å²) in [6.07, 6.45) is 1.44. The van der Waals surface area contributed by atoms with E-state index in [1.807, 2.05) is 13.8 Å². The Morgan fingerprint density at radius 2 is 1.97 bits per heavy atom. The predicted octanol–water partition coefficient (Wildman–Crippen LogP) is 3.98. The third kappa shape index (κ3) is 2.74. The van der Waals surface area contributed by atoms with Crippen molar-refractivity contribution in [2.24, 2.45) is 5.92 Å². The molecule has 0 saturated heterocycles. The molecule has 1 aromatic heterocycles. The summed E-state index contributed by atoms with van der Waals surface area (Å²) in [5.74, 6) is 0.260. The van der Waals surface area contributed by atoms with Gasteiger partial charge < -0.3 is 18.6 Å². The molecule has 1 aliphatic heterocycles. The van der Waals surface area contributed by atoms with Crippen molar-refractivity contribution < 1.29 is 28.2 Å². The van der Waals surface area contributed by atoms with Crippen molar-refractivity contribution in [1.82, 2.24) is 10.2 Å². The van der Waals surface area contributed by atoms with Gasteiger partial charge in [-0.1, -0.05) is 32.4 Å². The number of allylic oxidation sites excluding steroid dienone is 1. The monoisotopic (exact) mass is 432 g/mol. The number of rotatable bonds is 4. The molecule has 0 unspecified atom stereocenters. The van der Waals surface area contributed by atoms with E-state index < -0.39 is 11.5 Å². The molecule has 0 fully saturated rings. The quantitative estimate of drug-likeness (QED) is 0.715. The van der Waals surface area contributed by atoms with Gasteiger partial charge in [-0.15, -0.1) is 10.2 Å². The number of hydrogen-bond donors (Lipinski definition) is 0. The summed E-state index contributed by atoms with van der Waals surface area (Å²) >= 11 is 6.65. The fourth-order valence-corrected chi connectivity index (χ4v) is 4.17. The van der Waals surface area contributed by atoms with Crippen LogP contribution in [0.2, 0.25) is 5.02 Å². The van der Waals surface area contributed by atoms with E-state index in [1.54, 1.807) is 13.0 Å². The maximum absolute atomic E-state index is 13.6. The Hall–Kier alpha value is -2.87. The highest BCUT2D eigenvalue weighted by Crippen LogP contribution is 2.54. The SMILES string of the molecule is COC1=CC(=O)C[C@@H](C)[C@]12Oc1c(Cl)c(-c3nnc(C(C)C)o3)cc(OC)c1C2=O. The van der Waals surface area contributed by atoms with E-state index in [1.165, 1.54) is 20.3 Å². The fraction of sp³-hybridized carbons (Fsp3) is 0.429. The second kappa shape index (κ2) is 7.12. The summed E-state index contributed by atoms with van der Waals surface area (Å²) in [5.41, 5.74) is -0.906. The molecule has 2 aromatic rings. The Balaban J connectivity index is 1.91. The van der Waals surface area contributed by atoms with Gasteiger partial charge in [0.05, 0.1) is 24.8 Å². The average Bonchev–Trinajstić information content (AvgIpc) is 3.31. The van der Waals surface area contributed by atoms with Crippen LogP contribution in [0.15, 0.2) is 22.3 Å². The standard InChI is InChI=1S/C21H21ClN2O6/c1-9(2)19-23-24-20(29-19)12-8-13(27-4)15-17(16(12)22)30-21(18(15)26)10(3)6-11(25)7-14(21)28-5/h7-10H,6H2,1-5H3/t10-,21+/m1/s1. The van der Waals surface area contributed by atoms with Crippen molar-refractivity contribution in [1.29, 1.82) is 0 Å². The van der Waals surface area contributed by atoms with Crippen LogP contribution >= 0.6 is 11.6 Å². The lowest BCUT2D eigenvalue weighted by Crippen LogP contribution is -2.51. The number of fused-ring (bicyclic) bond motifs is 1.